The SMILES string of the molecule is C=C(C)C(=O)OC(COC)COC. The highest BCUT2D eigenvalue weighted by Gasteiger charge is 2.14. The van der Waals surface area contributed by atoms with Crippen molar-refractivity contribution in [3.8, 4) is 0 Å². The zero-order valence-electron chi connectivity index (χ0n) is 8.33. The Morgan fingerprint density at radius 1 is 1.31 bits per heavy atom. The smallest absolute Gasteiger partial charge is 0.333 e. The Morgan fingerprint density at radius 3 is 2.08 bits per heavy atom. The number of rotatable bonds is 6. The van der Waals surface area contributed by atoms with Crippen molar-refractivity contribution < 1.29 is 19.0 Å². The van der Waals surface area contributed by atoms with E-state index in [1.54, 1.807) is 6.92 Å². The summed E-state index contributed by atoms with van der Waals surface area (Å²) in [5, 5.41) is 0. The highest BCUT2D eigenvalue weighted by Crippen LogP contribution is 1.99. The number of ether oxygens (including phenoxy) is 3. The molecule has 0 saturated heterocycles. The molecule has 4 nitrogen and oxygen atoms in total. The monoisotopic (exact) mass is 188 g/mol. The summed E-state index contributed by atoms with van der Waals surface area (Å²) < 4.78 is 14.7. The van der Waals surface area contributed by atoms with Crippen LogP contribution in [-0.4, -0.2) is 39.5 Å². The molecule has 0 radical (unpaired) electrons. The van der Waals surface area contributed by atoms with E-state index in [-0.39, 0.29) is 6.10 Å². The summed E-state index contributed by atoms with van der Waals surface area (Å²) in [6.45, 7) is 5.72. The van der Waals surface area contributed by atoms with Gasteiger partial charge < -0.3 is 14.2 Å². The minimum Gasteiger partial charge on any atom is -0.454 e. The van der Waals surface area contributed by atoms with Gasteiger partial charge >= 0.3 is 5.97 Å². The van der Waals surface area contributed by atoms with Gasteiger partial charge in [0.25, 0.3) is 0 Å². The highest BCUT2D eigenvalue weighted by atomic mass is 16.6. The van der Waals surface area contributed by atoms with Gasteiger partial charge in [0.1, 0.15) is 6.10 Å². The van der Waals surface area contributed by atoms with Gasteiger partial charge in [-0.15, -0.1) is 0 Å². The number of methoxy groups -OCH3 is 2. The lowest BCUT2D eigenvalue weighted by atomic mass is 10.3. The maximum absolute atomic E-state index is 11.1. The van der Waals surface area contributed by atoms with Crippen molar-refractivity contribution >= 4 is 5.97 Å². The third-order valence-electron chi connectivity index (χ3n) is 1.33. The summed E-state index contributed by atoms with van der Waals surface area (Å²) in [6, 6.07) is 0. The van der Waals surface area contributed by atoms with Gasteiger partial charge in [-0.2, -0.15) is 0 Å². The van der Waals surface area contributed by atoms with Crippen LogP contribution in [0, 0.1) is 0 Å². The van der Waals surface area contributed by atoms with Crippen molar-refractivity contribution in [2.75, 3.05) is 27.4 Å². The predicted octanol–water partition coefficient (Wildman–Crippen LogP) is 0.767. The summed E-state index contributed by atoms with van der Waals surface area (Å²) in [7, 11) is 3.08. The summed E-state index contributed by atoms with van der Waals surface area (Å²) in [5.41, 5.74) is 0.372. The normalized spacial score (nSPS) is 10.2. The van der Waals surface area contributed by atoms with Crippen LogP contribution in [0.15, 0.2) is 12.2 Å². The van der Waals surface area contributed by atoms with Crippen LogP contribution in [0.5, 0.6) is 0 Å². The molecule has 0 heterocycles. The van der Waals surface area contributed by atoms with Crippen LogP contribution in [0.1, 0.15) is 6.92 Å². The zero-order valence-corrected chi connectivity index (χ0v) is 8.33. The Balaban J connectivity index is 3.93. The minimum absolute atomic E-state index is 0.326. The summed E-state index contributed by atoms with van der Waals surface area (Å²) in [6.07, 6.45) is -0.362. The topological polar surface area (TPSA) is 44.8 Å². The van der Waals surface area contributed by atoms with E-state index in [0.29, 0.717) is 18.8 Å². The highest BCUT2D eigenvalue weighted by molar-refractivity contribution is 5.87. The van der Waals surface area contributed by atoms with Gasteiger partial charge in [-0.25, -0.2) is 4.79 Å². The lowest BCUT2D eigenvalue weighted by molar-refractivity contribution is -0.149. The van der Waals surface area contributed by atoms with Crippen LogP contribution in [-0.2, 0) is 19.0 Å². The zero-order chi connectivity index (χ0) is 10.3. The first-order valence-electron chi connectivity index (χ1n) is 3.96. The molecule has 0 aliphatic rings. The van der Waals surface area contributed by atoms with Crippen LogP contribution < -0.4 is 0 Å². The molecular formula is C9H16O4. The molecule has 0 rings (SSSR count). The first-order valence-corrected chi connectivity index (χ1v) is 3.96. The fourth-order valence-electron chi connectivity index (χ4n) is 0.740. The van der Waals surface area contributed by atoms with Crippen molar-refractivity contribution in [2.24, 2.45) is 0 Å². The molecule has 0 atom stereocenters. The Bertz CT molecular complexity index is 170. The second kappa shape index (κ2) is 6.62. The van der Waals surface area contributed by atoms with Crippen molar-refractivity contribution in [2.45, 2.75) is 13.0 Å². The van der Waals surface area contributed by atoms with E-state index in [1.807, 2.05) is 0 Å². The molecule has 0 aliphatic heterocycles. The first-order chi connectivity index (χ1) is 6.11. The lowest BCUT2D eigenvalue weighted by Crippen LogP contribution is -2.27. The summed E-state index contributed by atoms with van der Waals surface area (Å²) >= 11 is 0. The molecule has 0 aliphatic carbocycles. The number of esters is 1. The van der Waals surface area contributed by atoms with Gasteiger partial charge in [0.15, 0.2) is 0 Å². The van der Waals surface area contributed by atoms with Gasteiger partial charge in [-0.05, 0) is 6.92 Å². The van der Waals surface area contributed by atoms with Crippen LogP contribution in [0.3, 0.4) is 0 Å². The molecule has 0 spiro atoms. The number of carbonyl (C=O) groups is 1. The van der Waals surface area contributed by atoms with Gasteiger partial charge in [0.05, 0.1) is 13.2 Å². The Labute approximate surface area is 78.5 Å². The maximum Gasteiger partial charge on any atom is 0.333 e. The fraction of sp³-hybridized carbons (Fsp3) is 0.667. The molecule has 0 N–H and O–H groups in total. The Morgan fingerprint density at radius 2 is 1.77 bits per heavy atom. The van der Waals surface area contributed by atoms with E-state index >= 15 is 0 Å². The molecule has 0 aromatic heterocycles. The molecule has 0 unspecified atom stereocenters. The number of hydrogen-bond donors (Lipinski definition) is 0. The molecule has 0 aromatic carbocycles. The van der Waals surface area contributed by atoms with Gasteiger partial charge in [-0.3, -0.25) is 0 Å². The summed E-state index contributed by atoms with van der Waals surface area (Å²) in [4.78, 5) is 11.1. The second-order valence-corrected chi connectivity index (χ2v) is 2.72. The quantitative estimate of drug-likeness (QED) is 0.456. The largest absolute Gasteiger partial charge is 0.454 e. The number of carbonyl (C=O) groups excluding carboxylic acids is 1. The Kier molecular flexibility index (Phi) is 6.18. The average molecular weight is 188 g/mol. The molecule has 0 saturated carbocycles. The lowest BCUT2D eigenvalue weighted by Gasteiger charge is -2.15. The van der Waals surface area contributed by atoms with Crippen LogP contribution in [0.4, 0.5) is 0 Å². The number of hydrogen-bond acceptors (Lipinski definition) is 4. The van der Waals surface area contributed by atoms with Crippen LogP contribution in [0.25, 0.3) is 0 Å². The standard InChI is InChI=1S/C9H16O4/c1-7(2)9(10)13-8(5-11-3)6-12-4/h8H,1,5-6H2,2-4H3. The van der Waals surface area contributed by atoms with Crippen molar-refractivity contribution in [1.29, 1.82) is 0 Å². The maximum atomic E-state index is 11.1. The second-order valence-electron chi connectivity index (χ2n) is 2.72. The predicted molar refractivity (Wildman–Crippen MR) is 48.4 cm³/mol. The third kappa shape index (κ3) is 5.38. The van der Waals surface area contributed by atoms with Crippen molar-refractivity contribution in [3.05, 3.63) is 12.2 Å². The molecule has 0 fully saturated rings. The molecule has 0 aromatic rings. The van der Waals surface area contributed by atoms with E-state index in [9.17, 15) is 4.79 Å². The van der Waals surface area contributed by atoms with Gasteiger partial charge in [-0.1, -0.05) is 6.58 Å². The van der Waals surface area contributed by atoms with E-state index in [4.69, 9.17) is 14.2 Å². The van der Waals surface area contributed by atoms with E-state index in [0.717, 1.165) is 0 Å². The molecular weight excluding hydrogens is 172 g/mol. The van der Waals surface area contributed by atoms with E-state index < -0.39 is 5.97 Å². The minimum atomic E-state index is -0.417. The molecule has 76 valence electrons. The summed E-state index contributed by atoms with van der Waals surface area (Å²) in [5.74, 6) is -0.417. The van der Waals surface area contributed by atoms with Crippen LogP contribution in [0.2, 0.25) is 0 Å². The van der Waals surface area contributed by atoms with E-state index in [2.05, 4.69) is 6.58 Å². The van der Waals surface area contributed by atoms with E-state index in [1.165, 1.54) is 14.2 Å². The Hall–Kier alpha value is -0.870. The van der Waals surface area contributed by atoms with Crippen molar-refractivity contribution in [3.63, 3.8) is 0 Å². The first kappa shape index (κ1) is 12.1. The van der Waals surface area contributed by atoms with Crippen LogP contribution >= 0.6 is 0 Å². The van der Waals surface area contributed by atoms with Crippen molar-refractivity contribution in [1.82, 2.24) is 0 Å². The molecule has 4 heteroatoms. The molecule has 0 amide bonds. The molecule has 13 heavy (non-hydrogen) atoms. The molecule has 0 bridgehead atoms. The van der Waals surface area contributed by atoms with Gasteiger partial charge in [0, 0.05) is 19.8 Å². The fourth-order valence-corrected chi connectivity index (χ4v) is 0.740. The third-order valence-corrected chi connectivity index (χ3v) is 1.33. The average Bonchev–Trinajstić information content (AvgIpc) is 2.05. The van der Waals surface area contributed by atoms with Gasteiger partial charge in [0.2, 0.25) is 0 Å².